The monoisotopic (exact) mass is 383 g/mol. The van der Waals surface area contributed by atoms with E-state index in [1.54, 1.807) is 18.2 Å². The maximum atomic E-state index is 14.0. The summed E-state index contributed by atoms with van der Waals surface area (Å²) < 4.78 is 52.9. The molecule has 1 saturated heterocycles. The zero-order valence-corrected chi connectivity index (χ0v) is 14.0. The van der Waals surface area contributed by atoms with Gasteiger partial charge < -0.3 is 5.32 Å². The van der Waals surface area contributed by atoms with Gasteiger partial charge in [0.2, 0.25) is 0 Å². The molecule has 0 atom stereocenters. The van der Waals surface area contributed by atoms with Crippen LogP contribution in [0.4, 0.5) is 17.6 Å². The number of nitrogens with one attached hydrogen (secondary N) is 1. The molecular weight excluding hydrogens is 374 g/mol. The molecule has 25 heavy (non-hydrogen) atoms. The summed E-state index contributed by atoms with van der Waals surface area (Å²) in [5.74, 6) is -1.10. The summed E-state index contributed by atoms with van der Waals surface area (Å²) in [6.45, 7) is 0. The van der Waals surface area contributed by atoms with E-state index < -0.39 is 17.6 Å². The van der Waals surface area contributed by atoms with Crippen LogP contribution in [0.2, 0.25) is 0 Å². The molecule has 2 aromatic carbocycles. The predicted molar refractivity (Wildman–Crippen MR) is 93.1 cm³/mol. The molecule has 0 radical (unpaired) electrons. The molecule has 0 unspecified atom stereocenters. The van der Waals surface area contributed by atoms with Gasteiger partial charge in [-0.15, -0.1) is 0 Å². The second kappa shape index (κ2) is 6.61. The van der Waals surface area contributed by atoms with Crippen molar-refractivity contribution in [2.45, 2.75) is 6.18 Å². The molecule has 0 aromatic heterocycles. The molecule has 0 spiro atoms. The molecule has 0 saturated carbocycles. The Morgan fingerprint density at radius 3 is 2.52 bits per heavy atom. The lowest BCUT2D eigenvalue weighted by Gasteiger charge is -2.10. The number of benzene rings is 2. The SMILES string of the molecule is O=C1NC(=S)SC1=Cc1cccc(-c2cc(C(F)(F)F)ccc2F)c1. The number of thiocarbonyl (C=S) groups is 1. The molecule has 1 aliphatic rings. The van der Waals surface area contributed by atoms with Gasteiger partial charge >= 0.3 is 6.18 Å². The number of carbonyl (C=O) groups excluding carboxylic acids is 1. The third kappa shape index (κ3) is 3.91. The molecule has 8 heteroatoms. The van der Waals surface area contributed by atoms with Crippen molar-refractivity contribution in [3.05, 3.63) is 64.3 Å². The number of amides is 1. The van der Waals surface area contributed by atoms with Crippen LogP contribution >= 0.6 is 24.0 Å². The summed E-state index contributed by atoms with van der Waals surface area (Å²) in [5.41, 5.74) is -0.251. The Balaban J connectivity index is 2.01. The van der Waals surface area contributed by atoms with Gasteiger partial charge in [-0.25, -0.2) is 4.39 Å². The van der Waals surface area contributed by atoms with Crippen molar-refractivity contribution in [2.75, 3.05) is 0 Å². The van der Waals surface area contributed by atoms with E-state index in [-0.39, 0.29) is 17.0 Å². The first-order chi connectivity index (χ1) is 11.7. The molecule has 1 amide bonds. The molecule has 3 rings (SSSR count). The predicted octanol–water partition coefficient (Wildman–Crippen LogP) is 5.00. The van der Waals surface area contributed by atoms with Crippen molar-refractivity contribution in [3.8, 4) is 11.1 Å². The first kappa shape index (κ1) is 17.6. The molecule has 2 nitrogen and oxygen atoms in total. The first-order valence-electron chi connectivity index (χ1n) is 6.96. The Morgan fingerprint density at radius 1 is 1.12 bits per heavy atom. The quantitative estimate of drug-likeness (QED) is 0.450. The standard InChI is InChI=1S/C17H9F4NOS2/c18-13-5-4-11(17(19,20)21)8-12(13)10-3-1-2-9(6-10)7-14-15(23)22-16(24)25-14/h1-8H,(H,22,23,24). The molecule has 1 N–H and O–H groups in total. The number of rotatable bonds is 2. The summed E-state index contributed by atoms with van der Waals surface area (Å²) >= 11 is 5.98. The van der Waals surface area contributed by atoms with E-state index in [2.05, 4.69) is 5.32 Å². The van der Waals surface area contributed by atoms with Crippen molar-refractivity contribution in [3.63, 3.8) is 0 Å². The van der Waals surface area contributed by atoms with Crippen molar-refractivity contribution >= 4 is 40.3 Å². The van der Waals surface area contributed by atoms with Crippen LogP contribution in [-0.2, 0) is 11.0 Å². The Bertz CT molecular complexity index is 906. The second-order valence-electron chi connectivity index (χ2n) is 5.17. The van der Waals surface area contributed by atoms with Crippen LogP contribution in [0.1, 0.15) is 11.1 Å². The van der Waals surface area contributed by atoms with Crippen molar-refractivity contribution in [2.24, 2.45) is 0 Å². The highest BCUT2D eigenvalue weighted by molar-refractivity contribution is 8.26. The lowest BCUT2D eigenvalue weighted by molar-refractivity contribution is -0.137. The minimum atomic E-state index is -4.56. The first-order valence-corrected chi connectivity index (χ1v) is 8.18. The third-order valence-electron chi connectivity index (χ3n) is 3.43. The molecule has 1 fully saturated rings. The Morgan fingerprint density at radius 2 is 1.88 bits per heavy atom. The van der Waals surface area contributed by atoms with Gasteiger partial charge in [0.05, 0.1) is 10.5 Å². The summed E-state index contributed by atoms with van der Waals surface area (Å²) in [4.78, 5) is 12.0. The van der Waals surface area contributed by atoms with E-state index >= 15 is 0 Å². The second-order valence-corrected chi connectivity index (χ2v) is 6.89. The minimum absolute atomic E-state index is 0.158. The van der Waals surface area contributed by atoms with Crippen LogP contribution < -0.4 is 5.32 Å². The number of hydrogen-bond donors (Lipinski definition) is 1. The number of halogens is 4. The van der Waals surface area contributed by atoms with E-state index in [0.717, 1.165) is 23.9 Å². The zero-order valence-electron chi connectivity index (χ0n) is 12.4. The van der Waals surface area contributed by atoms with Gasteiger partial charge in [0.25, 0.3) is 5.91 Å². The van der Waals surface area contributed by atoms with Gasteiger partial charge in [0.1, 0.15) is 10.1 Å². The number of carbonyl (C=O) groups is 1. The highest BCUT2D eigenvalue weighted by Gasteiger charge is 2.31. The average molecular weight is 383 g/mol. The van der Waals surface area contributed by atoms with Crippen LogP contribution in [0.5, 0.6) is 0 Å². The minimum Gasteiger partial charge on any atom is -0.307 e. The maximum absolute atomic E-state index is 14.0. The fourth-order valence-electron chi connectivity index (χ4n) is 2.29. The fraction of sp³-hybridized carbons (Fsp3) is 0.0588. The summed E-state index contributed by atoms with van der Waals surface area (Å²) in [6, 6.07) is 8.53. The highest BCUT2D eigenvalue weighted by Crippen LogP contribution is 2.34. The summed E-state index contributed by atoms with van der Waals surface area (Å²) in [5, 5.41) is 2.47. The molecular formula is C17H9F4NOS2. The summed E-state index contributed by atoms with van der Waals surface area (Å²) in [6.07, 6.45) is -3.01. The molecule has 0 aliphatic carbocycles. The lowest BCUT2D eigenvalue weighted by atomic mass is 10.00. The Kier molecular flexibility index (Phi) is 4.66. The van der Waals surface area contributed by atoms with Crippen LogP contribution in [0.15, 0.2) is 47.4 Å². The van der Waals surface area contributed by atoms with Gasteiger partial charge in [-0.1, -0.05) is 42.2 Å². The number of alkyl halides is 3. The highest BCUT2D eigenvalue weighted by atomic mass is 32.2. The van der Waals surface area contributed by atoms with Crippen LogP contribution in [0.3, 0.4) is 0 Å². The third-order valence-corrected chi connectivity index (χ3v) is 4.59. The van der Waals surface area contributed by atoms with Gasteiger partial charge in [-0.3, -0.25) is 4.79 Å². The van der Waals surface area contributed by atoms with Crippen molar-refractivity contribution in [1.29, 1.82) is 0 Å². The smallest absolute Gasteiger partial charge is 0.307 e. The summed E-state index contributed by atoms with van der Waals surface area (Å²) in [7, 11) is 0. The van der Waals surface area contributed by atoms with Gasteiger partial charge in [-0.2, -0.15) is 13.2 Å². The maximum Gasteiger partial charge on any atom is 0.416 e. The Labute approximate surface area is 149 Å². The van der Waals surface area contributed by atoms with Crippen LogP contribution in [0.25, 0.3) is 17.2 Å². The van der Waals surface area contributed by atoms with E-state index in [1.165, 1.54) is 12.1 Å². The zero-order chi connectivity index (χ0) is 18.2. The molecule has 2 aromatic rings. The van der Waals surface area contributed by atoms with E-state index in [0.29, 0.717) is 20.9 Å². The molecule has 1 heterocycles. The molecule has 0 bridgehead atoms. The largest absolute Gasteiger partial charge is 0.416 e. The van der Waals surface area contributed by atoms with Gasteiger partial charge in [0, 0.05) is 5.56 Å². The van der Waals surface area contributed by atoms with E-state index in [9.17, 15) is 22.4 Å². The van der Waals surface area contributed by atoms with E-state index in [4.69, 9.17) is 12.2 Å². The van der Waals surface area contributed by atoms with Gasteiger partial charge in [0.15, 0.2) is 0 Å². The normalized spacial score (nSPS) is 16.4. The van der Waals surface area contributed by atoms with Crippen molar-refractivity contribution < 1.29 is 22.4 Å². The Hall–Kier alpha value is -2.19. The lowest BCUT2D eigenvalue weighted by Crippen LogP contribution is -2.17. The topological polar surface area (TPSA) is 29.1 Å². The molecule has 128 valence electrons. The van der Waals surface area contributed by atoms with Crippen LogP contribution in [0, 0.1) is 5.82 Å². The van der Waals surface area contributed by atoms with Gasteiger partial charge in [-0.05, 0) is 41.5 Å². The molecule has 1 aliphatic heterocycles. The number of thioether (sulfide) groups is 1. The van der Waals surface area contributed by atoms with Crippen molar-refractivity contribution in [1.82, 2.24) is 5.32 Å². The van der Waals surface area contributed by atoms with E-state index in [1.807, 2.05) is 0 Å². The van der Waals surface area contributed by atoms with Crippen LogP contribution in [-0.4, -0.2) is 10.2 Å². The number of hydrogen-bond acceptors (Lipinski definition) is 3. The average Bonchev–Trinajstić information content (AvgIpc) is 2.84. The fourth-order valence-corrected chi connectivity index (χ4v) is 3.34.